The van der Waals surface area contributed by atoms with Crippen molar-refractivity contribution in [2.75, 3.05) is 25.5 Å². The van der Waals surface area contributed by atoms with Crippen molar-refractivity contribution in [3.63, 3.8) is 0 Å². The van der Waals surface area contributed by atoms with Crippen LogP contribution in [0.15, 0.2) is 15.6 Å². The molecule has 1 amide bonds. The van der Waals surface area contributed by atoms with Gasteiger partial charge in [0.2, 0.25) is 5.91 Å². The molecule has 0 aliphatic rings. The van der Waals surface area contributed by atoms with Crippen LogP contribution in [0.3, 0.4) is 0 Å². The molecule has 7 heteroatoms. The minimum atomic E-state index is -0.284. The highest BCUT2D eigenvalue weighted by atomic mass is 79.9. The number of amides is 1. The van der Waals surface area contributed by atoms with Gasteiger partial charge in [-0.15, -0.1) is 0 Å². The zero-order chi connectivity index (χ0) is 12.1. The molecule has 1 aromatic rings. The fourth-order valence-electron chi connectivity index (χ4n) is 0.977. The number of hydrogen-bond acceptors (Lipinski definition) is 4. The summed E-state index contributed by atoms with van der Waals surface area (Å²) in [5.41, 5.74) is -0.284. The van der Waals surface area contributed by atoms with Gasteiger partial charge in [0.15, 0.2) is 0 Å². The second-order valence-electron chi connectivity index (χ2n) is 3.16. The molecule has 0 saturated carbocycles. The summed E-state index contributed by atoms with van der Waals surface area (Å²) < 4.78 is 0.293. The molecule has 0 bridgehead atoms. The second kappa shape index (κ2) is 5.64. The number of likely N-dealkylation sites (N-methyl/N-ethyl adjacent to an activating group) is 1. The average Bonchev–Trinajstić information content (AvgIpc) is 2.29. The number of carbonyl (C=O) groups is 1. The van der Waals surface area contributed by atoms with Gasteiger partial charge in [-0.1, -0.05) is 0 Å². The van der Waals surface area contributed by atoms with E-state index >= 15 is 0 Å². The molecule has 0 radical (unpaired) electrons. The van der Waals surface area contributed by atoms with E-state index in [0.29, 0.717) is 16.8 Å². The van der Waals surface area contributed by atoms with Crippen LogP contribution in [0.5, 0.6) is 0 Å². The number of hydrogen-bond donors (Lipinski definition) is 2. The SMILES string of the molecule is CCN(C)C(=O)CNc1nc[nH]c(=O)c1Br. The summed E-state index contributed by atoms with van der Waals surface area (Å²) >= 11 is 3.09. The fourth-order valence-corrected chi connectivity index (χ4v) is 1.33. The molecule has 0 spiro atoms. The third kappa shape index (κ3) is 3.06. The molecular formula is C9H13BrN4O2. The van der Waals surface area contributed by atoms with Gasteiger partial charge in [-0.25, -0.2) is 4.98 Å². The van der Waals surface area contributed by atoms with Gasteiger partial charge in [0.25, 0.3) is 5.56 Å². The minimum absolute atomic E-state index is 0.0588. The van der Waals surface area contributed by atoms with Gasteiger partial charge in [-0.05, 0) is 22.9 Å². The first-order chi connectivity index (χ1) is 7.56. The van der Waals surface area contributed by atoms with Crippen molar-refractivity contribution in [3.05, 3.63) is 21.2 Å². The first-order valence-corrected chi connectivity index (χ1v) is 5.56. The number of rotatable bonds is 4. The van der Waals surface area contributed by atoms with Crippen molar-refractivity contribution in [1.29, 1.82) is 0 Å². The van der Waals surface area contributed by atoms with Crippen LogP contribution >= 0.6 is 15.9 Å². The van der Waals surface area contributed by atoms with Crippen LogP contribution in [-0.4, -0.2) is 40.9 Å². The van der Waals surface area contributed by atoms with E-state index in [2.05, 4.69) is 31.2 Å². The summed E-state index contributed by atoms with van der Waals surface area (Å²) in [6.07, 6.45) is 1.28. The molecule has 0 aromatic carbocycles. The molecular weight excluding hydrogens is 276 g/mol. The van der Waals surface area contributed by atoms with Crippen LogP contribution in [0.4, 0.5) is 5.82 Å². The van der Waals surface area contributed by atoms with Gasteiger partial charge in [0.05, 0.1) is 12.9 Å². The highest BCUT2D eigenvalue weighted by Gasteiger charge is 2.09. The van der Waals surface area contributed by atoms with Crippen LogP contribution in [0.2, 0.25) is 0 Å². The van der Waals surface area contributed by atoms with E-state index in [-0.39, 0.29) is 18.0 Å². The van der Waals surface area contributed by atoms with Gasteiger partial charge in [0.1, 0.15) is 10.3 Å². The van der Waals surface area contributed by atoms with Crippen molar-refractivity contribution >= 4 is 27.7 Å². The molecule has 2 N–H and O–H groups in total. The van der Waals surface area contributed by atoms with Crippen molar-refractivity contribution in [3.8, 4) is 0 Å². The average molecular weight is 289 g/mol. The molecule has 1 aromatic heterocycles. The van der Waals surface area contributed by atoms with E-state index in [1.165, 1.54) is 6.33 Å². The van der Waals surface area contributed by atoms with Crippen LogP contribution < -0.4 is 10.9 Å². The summed E-state index contributed by atoms with van der Waals surface area (Å²) in [6, 6.07) is 0. The monoisotopic (exact) mass is 288 g/mol. The molecule has 0 unspecified atom stereocenters. The molecule has 1 heterocycles. The Morgan fingerprint density at radius 3 is 3.00 bits per heavy atom. The maximum absolute atomic E-state index is 11.5. The van der Waals surface area contributed by atoms with E-state index in [9.17, 15) is 9.59 Å². The van der Waals surface area contributed by atoms with Crippen LogP contribution in [0, 0.1) is 0 Å². The third-order valence-electron chi connectivity index (χ3n) is 2.10. The van der Waals surface area contributed by atoms with Crippen LogP contribution in [-0.2, 0) is 4.79 Å². The van der Waals surface area contributed by atoms with Crippen LogP contribution in [0.1, 0.15) is 6.92 Å². The smallest absolute Gasteiger partial charge is 0.267 e. The lowest BCUT2D eigenvalue weighted by Gasteiger charge is -2.15. The van der Waals surface area contributed by atoms with Crippen molar-refractivity contribution in [2.24, 2.45) is 0 Å². The number of H-pyrrole nitrogens is 1. The Balaban J connectivity index is 2.65. The second-order valence-corrected chi connectivity index (χ2v) is 3.95. The standard InChI is InChI=1S/C9H13BrN4O2/c1-3-14(2)6(15)4-11-8-7(10)9(16)13-5-12-8/h5H,3-4H2,1-2H3,(H2,11,12,13,16). The number of carbonyl (C=O) groups excluding carboxylic acids is 1. The van der Waals surface area contributed by atoms with E-state index < -0.39 is 0 Å². The lowest BCUT2D eigenvalue weighted by molar-refractivity contribution is -0.127. The van der Waals surface area contributed by atoms with Gasteiger partial charge >= 0.3 is 0 Å². The Morgan fingerprint density at radius 2 is 2.38 bits per heavy atom. The summed E-state index contributed by atoms with van der Waals surface area (Å²) in [6.45, 7) is 2.64. The Hall–Kier alpha value is -1.37. The van der Waals surface area contributed by atoms with Gasteiger partial charge < -0.3 is 15.2 Å². The number of halogens is 1. The first-order valence-electron chi connectivity index (χ1n) is 4.77. The predicted octanol–water partition coefficient (Wildman–Crippen LogP) is 0.423. The minimum Gasteiger partial charge on any atom is -0.360 e. The number of aromatic nitrogens is 2. The number of nitrogens with one attached hydrogen (secondary N) is 2. The Morgan fingerprint density at radius 1 is 1.69 bits per heavy atom. The summed E-state index contributed by atoms with van der Waals surface area (Å²) in [7, 11) is 1.71. The molecule has 16 heavy (non-hydrogen) atoms. The Labute approximate surface area is 101 Å². The fraction of sp³-hybridized carbons (Fsp3) is 0.444. The molecule has 0 fully saturated rings. The predicted molar refractivity (Wildman–Crippen MR) is 64.4 cm³/mol. The molecule has 0 aliphatic heterocycles. The van der Waals surface area contributed by atoms with E-state index in [1.807, 2.05) is 6.92 Å². The van der Waals surface area contributed by atoms with Gasteiger partial charge in [-0.2, -0.15) is 0 Å². The lowest BCUT2D eigenvalue weighted by Crippen LogP contribution is -2.32. The molecule has 6 nitrogen and oxygen atoms in total. The first kappa shape index (κ1) is 12.7. The highest BCUT2D eigenvalue weighted by Crippen LogP contribution is 2.12. The van der Waals surface area contributed by atoms with E-state index in [0.717, 1.165) is 0 Å². The molecule has 1 rings (SSSR count). The number of aromatic amines is 1. The van der Waals surface area contributed by atoms with E-state index in [1.54, 1.807) is 11.9 Å². The van der Waals surface area contributed by atoms with Gasteiger partial charge in [-0.3, -0.25) is 9.59 Å². The largest absolute Gasteiger partial charge is 0.360 e. The van der Waals surface area contributed by atoms with Crippen molar-refractivity contribution < 1.29 is 4.79 Å². The number of anilines is 1. The zero-order valence-electron chi connectivity index (χ0n) is 9.08. The van der Waals surface area contributed by atoms with Gasteiger partial charge in [0, 0.05) is 13.6 Å². The zero-order valence-corrected chi connectivity index (χ0v) is 10.7. The maximum atomic E-state index is 11.5. The quantitative estimate of drug-likeness (QED) is 0.842. The summed E-state index contributed by atoms with van der Waals surface area (Å²) in [5, 5.41) is 2.80. The number of nitrogens with zero attached hydrogens (tertiary/aromatic N) is 2. The summed E-state index contributed by atoms with van der Waals surface area (Å²) in [4.78, 5) is 30.6. The van der Waals surface area contributed by atoms with Crippen LogP contribution in [0.25, 0.3) is 0 Å². The van der Waals surface area contributed by atoms with E-state index in [4.69, 9.17) is 0 Å². The normalized spacial score (nSPS) is 9.94. The Kier molecular flexibility index (Phi) is 4.48. The van der Waals surface area contributed by atoms with Crippen molar-refractivity contribution in [2.45, 2.75) is 6.92 Å². The van der Waals surface area contributed by atoms with Crippen molar-refractivity contribution in [1.82, 2.24) is 14.9 Å². The topological polar surface area (TPSA) is 78.1 Å². The molecule has 88 valence electrons. The third-order valence-corrected chi connectivity index (χ3v) is 2.84. The Bertz CT molecular complexity index is 432. The summed E-state index contributed by atoms with van der Waals surface area (Å²) in [5.74, 6) is 0.304. The highest BCUT2D eigenvalue weighted by molar-refractivity contribution is 9.10. The lowest BCUT2D eigenvalue weighted by atomic mass is 10.4. The molecule has 0 aliphatic carbocycles. The molecule has 0 atom stereocenters. The molecule has 0 saturated heterocycles. The maximum Gasteiger partial charge on any atom is 0.267 e.